The lowest BCUT2D eigenvalue weighted by Crippen LogP contribution is -2.22. The maximum atomic E-state index is 5.96. The number of nitrogens with zero attached hydrogens (tertiary/aromatic N) is 2. The first-order chi connectivity index (χ1) is 10.2. The van der Waals surface area contributed by atoms with Crippen molar-refractivity contribution < 1.29 is 0 Å². The van der Waals surface area contributed by atoms with E-state index < -0.39 is 0 Å². The van der Waals surface area contributed by atoms with Crippen molar-refractivity contribution in [2.75, 3.05) is 5.32 Å². The molecule has 0 atom stereocenters. The van der Waals surface area contributed by atoms with Crippen LogP contribution in [-0.4, -0.2) is 10.9 Å². The van der Waals surface area contributed by atoms with Crippen molar-refractivity contribution in [2.24, 2.45) is 10.7 Å². The summed E-state index contributed by atoms with van der Waals surface area (Å²) < 4.78 is 0. The van der Waals surface area contributed by atoms with Crippen LogP contribution in [0.2, 0.25) is 0 Å². The normalized spacial score (nSPS) is 12.0. The van der Waals surface area contributed by atoms with Crippen LogP contribution in [0.25, 0.3) is 0 Å². The van der Waals surface area contributed by atoms with Crippen LogP contribution in [-0.2, 0) is 12.0 Å². The average Bonchev–Trinajstić information content (AvgIpc) is 2.83. The van der Waals surface area contributed by atoms with Crippen LogP contribution < -0.4 is 11.1 Å². The highest BCUT2D eigenvalue weighted by atomic mass is 127. The maximum Gasteiger partial charge on any atom is 0.193 e. The van der Waals surface area contributed by atoms with E-state index in [4.69, 9.17) is 5.73 Å². The largest absolute Gasteiger partial charge is 0.370 e. The predicted molar refractivity (Wildman–Crippen MR) is 111 cm³/mol. The summed E-state index contributed by atoms with van der Waals surface area (Å²) >= 11 is 1.63. The summed E-state index contributed by atoms with van der Waals surface area (Å²) in [5.74, 6) is 0.414. The number of hydrogen-bond donors (Lipinski definition) is 2. The van der Waals surface area contributed by atoms with Crippen LogP contribution in [0.4, 0.5) is 5.69 Å². The number of aliphatic imine (C=N–C) groups is 1. The number of benzene rings is 1. The summed E-state index contributed by atoms with van der Waals surface area (Å²) in [5.41, 5.74) is 10.5. The van der Waals surface area contributed by atoms with E-state index in [1.54, 1.807) is 11.3 Å². The molecule has 2 rings (SSSR count). The van der Waals surface area contributed by atoms with Gasteiger partial charge in [0.15, 0.2) is 5.96 Å². The minimum absolute atomic E-state index is 0. The number of aromatic nitrogens is 1. The van der Waals surface area contributed by atoms with E-state index >= 15 is 0 Å². The highest BCUT2D eigenvalue weighted by Gasteiger charge is 2.17. The van der Waals surface area contributed by atoms with Crippen LogP contribution in [0.1, 0.15) is 42.6 Å². The van der Waals surface area contributed by atoms with E-state index in [2.05, 4.69) is 73.5 Å². The second kappa shape index (κ2) is 8.10. The van der Waals surface area contributed by atoms with Crippen LogP contribution >= 0.6 is 35.3 Å². The molecule has 1 aromatic carbocycles. The fraction of sp³-hybridized carbons (Fsp3) is 0.412. The molecule has 0 amide bonds. The highest BCUT2D eigenvalue weighted by molar-refractivity contribution is 14.0. The lowest BCUT2D eigenvalue weighted by molar-refractivity contribution is 0.571. The summed E-state index contributed by atoms with van der Waals surface area (Å²) in [6.45, 7) is 11.1. The van der Waals surface area contributed by atoms with E-state index in [0.29, 0.717) is 12.5 Å². The average molecular weight is 444 g/mol. The molecular formula is C17H25IN4S. The third-order valence-electron chi connectivity index (χ3n) is 3.20. The van der Waals surface area contributed by atoms with E-state index in [1.165, 1.54) is 11.1 Å². The van der Waals surface area contributed by atoms with Gasteiger partial charge in [-0.15, -0.1) is 35.3 Å². The second-order valence-corrected chi connectivity index (χ2v) is 7.52. The highest BCUT2D eigenvalue weighted by Crippen LogP contribution is 2.24. The Bertz CT molecular complexity index is 666. The van der Waals surface area contributed by atoms with Gasteiger partial charge in [0.1, 0.15) is 5.01 Å². The second-order valence-electron chi connectivity index (χ2n) is 6.58. The smallest absolute Gasteiger partial charge is 0.193 e. The van der Waals surface area contributed by atoms with Crippen LogP contribution in [0.5, 0.6) is 0 Å². The van der Waals surface area contributed by atoms with E-state index in [1.807, 2.05) is 0 Å². The van der Waals surface area contributed by atoms with Gasteiger partial charge in [-0.3, -0.25) is 0 Å². The Morgan fingerprint density at radius 2 is 1.83 bits per heavy atom. The molecule has 0 saturated heterocycles. The molecule has 23 heavy (non-hydrogen) atoms. The van der Waals surface area contributed by atoms with Crippen LogP contribution in [0.15, 0.2) is 28.6 Å². The molecule has 4 nitrogen and oxygen atoms in total. The van der Waals surface area contributed by atoms with Crippen molar-refractivity contribution in [3.63, 3.8) is 0 Å². The molecule has 0 aliphatic heterocycles. The predicted octanol–water partition coefficient (Wildman–Crippen LogP) is 4.60. The van der Waals surface area contributed by atoms with Gasteiger partial charge in [0.2, 0.25) is 0 Å². The van der Waals surface area contributed by atoms with E-state index in [-0.39, 0.29) is 29.4 Å². The molecule has 2 aromatic rings. The molecule has 1 aromatic heterocycles. The summed E-state index contributed by atoms with van der Waals surface area (Å²) in [6, 6.07) is 6.23. The van der Waals surface area contributed by atoms with Gasteiger partial charge < -0.3 is 11.1 Å². The summed E-state index contributed by atoms with van der Waals surface area (Å²) in [6.07, 6.45) is 0. The van der Waals surface area contributed by atoms with Crippen LogP contribution in [0.3, 0.4) is 0 Å². The Morgan fingerprint density at radius 3 is 2.35 bits per heavy atom. The van der Waals surface area contributed by atoms with Gasteiger partial charge in [0.25, 0.3) is 0 Å². The standard InChI is InChI=1S/C17H24N4S.HI/c1-11-6-12(2)8-13(7-11)20-16(18)19-9-15-21-14(10-22-15)17(3,4)5;/h6-8,10H,9H2,1-5H3,(H3,18,19,20);1H. The monoisotopic (exact) mass is 444 g/mol. The Morgan fingerprint density at radius 1 is 1.22 bits per heavy atom. The topological polar surface area (TPSA) is 63.3 Å². The minimum Gasteiger partial charge on any atom is -0.370 e. The maximum absolute atomic E-state index is 5.96. The third-order valence-corrected chi connectivity index (χ3v) is 4.03. The Hall–Kier alpha value is -1.15. The van der Waals surface area contributed by atoms with Gasteiger partial charge in [-0.1, -0.05) is 26.8 Å². The fourth-order valence-electron chi connectivity index (χ4n) is 2.12. The van der Waals surface area contributed by atoms with Crippen molar-refractivity contribution in [2.45, 2.75) is 46.6 Å². The quantitative estimate of drug-likeness (QED) is 0.413. The molecule has 0 bridgehead atoms. The third kappa shape index (κ3) is 6.10. The van der Waals surface area contributed by atoms with Crippen molar-refractivity contribution >= 4 is 47.0 Å². The first-order valence-corrected chi connectivity index (χ1v) is 8.22. The van der Waals surface area contributed by atoms with Gasteiger partial charge in [-0.25, -0.2) is 9.98 Å². The van der Waals surface area contributed by atoms with E-state index in [9.17, 15) is 0 Å². The fourth-order valence-corrected chi connectivity index (χ4v) is 3.06. The molecule has 1 heterocycles. The number of nitrogens with two attached hydrogens (primary N) is 1. The Kier molecular flexibility index (Phi) is 7.01. The zero-order valence-corrected chi connectivity index (χ0v) is 17.5. The number of rotatable bonds is 3. The SMILES string of the molecule is Cc1cc(C)cc(NC(N)=NCc2nc(C(C)(C)C)cs2)c1.I. The molecule has 6 heteroatoms. The molecule has 0 radical (unpaired) electrons. The number of aryl methyl sites for hydroxylation is 2. The molecule has 0 unspecified atom stereocenters. The van der Waals surface area contributed by atoms with Gasteiger partial charge in [0.05, 0.1) is 12.2 Å². The van der Waals surface area contributed by atoms with Crippen molar-refractivity contribution in [3.05, 3.63) is 45.4 Å². The van der Waals surface area contributed by atoms with Gasteiger partial charge in [-0.2, -0.15) is 0 Å². The van der Waals surface area contributed by atoms with Crippen molar-refractivity contribution in [1.82, 2.24) is 4.98 Å². The number of halogens is 1. The molecule has 0 saturated carbocycles. The van der Waals surface area contributed by atoms with Gasteiger partial charge in [-0.05, 0) is 37.1 Å². The molecule has 0 aliphatic rings. The number of anilines is 1. The first kappa shape index (κ1) is 19.9. The number of thiazole rings is 1. The molecule has 3 N–H and O–H groups in total. The van der Waals surface area contributed by atoms with Gasteiger partial charge in [0, 0.05) is 16.5 Å². The lowest BCUT2D eigenvalue weighted by atomic mass is 9.93. The number of nitrogens with one attached hydrogen (secondary N) is 1. The first-order valence-electron chi connectivity index (χ1n) is 7.34. The van der Waals surface area contributed by atoms with Crippen molar-refractivity contribution in [1.29, 1.82) is 0 Å². The Labute approximate surface area is 159 Å². The zero-order valence-electron chi connectivity index (χ0n) is 14.3. The summed E-state index contributed by atoms with van der Waals surface area (Å²) in [4.78, 5) is 8.99. The minimum atomic E-state index is 0. The van der Waals surface area contributed by atoms with Gasteiger partial charge >= 0.3 is 0 Å². The van der Waals surface area contributed by atoms with E-state index in [0.717, 1.165) is 16.4 Å². The van der Waals surface area contributed by atoms with Crippen molar-refractivity contribution in [3.8, 4) is 0 Å². The number of hydrogen-bond acceptors (Lipinski definition) is 3. The molecule has 126 valence electrons. The molecule has 0 aliphatic carbocycles. The molecule has 0 fully saturated rings. The zero-order chi connectivity index (χ0) is 16.3. The molecular weight excluding hydrogens is 419 g/mol. The summed E-state index contributed by atoms with van der Waals surface area (Å²) in [7, 11) is 0. The molecule has 0 spiro atoms. The lowest BCUT2D eigenvalue weighted by Gasteiger charge is -2.14. The Balaban J connectivity index is 0.00000264. The van der Waals surface area contributed by atoms with Crippen LogP contribution in [0, 0.1) is 13.8 Å². The summed E-state index contributed by atoms with van der Waals surface area (Å²) in [5, 5.41) is 6.21. The number of guanidine groups is 1.